The molecule has 1 aliphatic heterocycles. The SMILES string of the molecule is Cc1ccc(C2CC(c3cc#co3)=Nc3ccccc3S2)cc1. The molecule has 1 atom stereocenters. The maximum atomic E-state index is 5.43. The maximum Gasteiger partial charge on any atom is 0.170 e. The largest absolute Gasteiger partial charge is 0.405 e. The fourth-order valence-electron chi connectivity index (χ4n) is 2.68. The van der Waals surface area contributed by atoms with Gasteiger partial charge in [-0.05, 0) is 30.7 Å². The maximum absolute atomic E-state index is 5.43. The van der Waals surface area contributed by atoms with Crippen LogP contribution in [-0.4, -0.2) is 5.71 Å². The number of fused-ring (bicyclic) bond motifs is 1. The summed E-state index contributed by atoms with van der Waals surface area (Å²) < 4.78 is 5.43. The Morgan fingerprint density at radius 1 is 1.13 bits per heavy atom. The summed E-state index contributed by atoms with van der Waals surface area (Å²) in [4.78, 5) is 6.04. The Hall–Kier alpha value is -2.44. The van der Waals surface area contributed by atoms with Crippen molar-refractivity contribution < 1.29 is 4.42 Å². The lowest BCUT2D eigenvalue weighted by atomic mass is 10.0. The summed E-state index contributed by atoms with van der Waals surface area (Å²) in [5, 5.41) is 0.308. The van der Waals surface area contributed by atoms with Gasteiger partial charge in [0.2, 0.25) is 0 Å². The van der Waals surface area contributed by atoms with Gasteiger partial charge in [-0.25, -0.2) is 4.99 Å². The minimum Gasteiger partial charge on any atom is -0.405 e. The molecule has 1 aliphatic rings. The minimum atomic E-state index is 0.308. The Morgan fingerprint density at radius 3 is 2.74 bits per heavy atom. The highest BCUT2D eigenvalue weighted by Crippen LogP contribution is 2.45. The van der Waals surface area contributed by atoms with Gasteiger partial charge in [-0.2, -0.15) is 0 Å². The van der Waals surface area contributed by atoms with E-state index in [-0.39, 0.29) is 0 Å². The molecule has 0 saturated carbocycles. The van der Waals surface area contributed by atoms with Gasteiger partial charge in [0.25, 0.3) is 0 Å². The number of aliphatic imine (C=N–C) groups is 1. The van der Waals surface area contributed by atoms with Gasteiger partial charge in [0.05, 0.1) is 11.4 Å². The monoisotopic (exact) mass is 317 g/mol. The number of aryl methyl sites for hydroxylation is 1. The molecule has 1 aromatic heterocycles. The van der Waals surface area contributed by atoms with E-state index in [0.29, 0.717) is 5.25 Å². The summed E-state index contributed by atoms with van der Waals surface area (Å²) in [6.45, 7) is 2.11. The first-order valence-corrected chi connectivity index (χ1v) is 8.45. The first kappa shape index (κ1) is 14.2. The van der Waals surface area contributed by atoms with E-state index in [9.17, 15) is 0 Å². The third-order valence-electron chi connectivity index (χ3n) is 3.93. The van der Waals surface area contributed by atoms with Gasteiger partial charge < -0.3 is 4.42 Å². The van der Waals surface area contributed by atoms with E-state index in [4.69, 9.17) is 9.41 Å². The fraction of sp³-hybridized carbons (Fsp3) is 0.150. The molecule has 2 heterocycles. The van der Waals surface area contributed by atoms with Crippen molar-refractivity contribution in [3.8, 4) is 0 Å². The summed E-state index contributed by atoms with van der Waals surface area (Å²) >= 11 is 1.86. The number of para-hydroxylation sites is 1. The molecule has 0 radical (unpaired) electrons. The molecule has 0 N–H and O–H groups in total. The third kappa shape index (κ3) is 2.91. The van der Waals surface area contributed by atoms with E-state index in [1.165, 1.54) is 16.0 Å². The minimum absolute atomic E-state index is 0.308. The van der Waals surface area contributed by atoms with Crippen molar-refractivity contribution in [1.29, 1.82) is 0 Å². The summed E-state index contributed by atoms with van der Waals surface area (Å²) in [6.07, 6.45) is 3.46. The molecule has 0 amide bonds. The molecule has 2 aromatic carbocycles. The summed E-state index contributed by atoms with van der Waals surface area (Å²) in [5.41, 5.74) is 4.53. The zero-order valence-corrected chi connectivity index (χ0v) is 13.6. The second-order valence-corrected chi connectivity index (χ2v) is 6.85. The Labute approximate surface area is 140 Å². The number of hydrogen-bond donors (Lipinski definition) is 0. The zero-order valence-electron chi connectivity index (χ0n) is 12.7. The lowest BCUT2D eigenvalue weighted by Crippen LogP contribution is -2.04. The highest BCUT2D eigenvalue weighted by Gasteiger charge is 2.23. The van der Waals surface area contributed by atoms with Crippen LogP contribution >= 0.6 is 11.8 Å². The molecule has 3 heteroatoms. The Morgan fingerprint density at radius 2 is 1.96 bits per heavy atom. The van der Waals surface area contributed by atoms with Crippen molar-refractivity contribution in [1.82, 2.24) is 0 Å². The summed E-state index contributed by atoms with van der Waals surface area (Å²) in [6, 6.07) is 21.7. The molecule has 3 aromatic rings. The van der Waals surface area contributed by atoms with Gasteiger partial charge >= 0.3 is 0 Å². The lowest BCUT2D eigenvalue weighted by Gasteiger charge is -2.15. The van der Waals surface area contributed by atoms with Crippen LogP contribution in [0.4, 0.5) is 5.69 Å². The van der Waals surface area contributed by atoms with E-state index < -0.39 is 0 Å². The van der Waals surface area contributed by atoms with Crippen LogP contribution in [0.15, 0.2) is 68.9 Å². The number of nitrogens with zero attached hydrogens (tertiary/aromatic N) is 1. The van der Waals surface area contributed by atoms with Crippen LogP contribution in [0.1, 0.15) is 28.6 Å². The molecule has 23 heavy (non-hydrogen) atoms. The molecule has 2 nitrogen and oxygen atoms in total. The molecular formula is C20H15NOS. The Kier molecular flexibility index (Phi) is 3.69. The molecule has 4 rings (SSSR count). The number of rotatable bonds is 2. The third-order valence-corrected chi connectivity index (χ3v) is 5.25. The van der Waals surface area contributed by atoms with Gasteiger partial charge in [-0.3, -0.25) is 0 Å². The summed E-state index contributed by atoms with van der Waals surface area (Å²) in [7, 11) is 0. The zero-order chi connectivity index (χ0) is 15.6. The van der Waals surface area contributed by atoms with Crippen LogP contribution < -0.4 is 0 Å². The smallest absolute Gasteiger partial charge is 0.170 e. The number of benzene rings is 2. The molecule has 1 unspecified atom stereocenters. The topological polar surface area (TPSA) is 25.5 Å². The van der Waals surface area contributed by atoms with Gasteiger partial charge in [-0.15, -0.1) is 11.8 Å². The van der Waals surface area contributed by atoms with Crippen LogP contribution in [0.5, 0.6) is 0 Å². The van der Waals surface area contributed by atoms with Crippen LogP contribution in [0, 0.1) is 19.3 Å². The second-order valence-electron chi connectivity index (χ2n) is 5.60. The van der Waals surface area contributed by atoms with Gasteiger partial charge in [0, 0.05) is 22.6 Å². The van der Waals surface area contributed by atoms with E-state index in [1.54, 1.807) is 0 Å². The predicted molar refractivity (Wildman–Crippen MR) is 93.4 cm³/mol. The average Bonchev–Trinajstić information content (AvgIpc) is 3.03. The Balaban J connectivity index is 1.78. The van der Waals surface area contributed by atoms with Crippen LogP contribution in [0.25, 0.3) is 0 Å². The highest BCUT2D eigenvalue weighted by atomic mass is 32.2. The van der Waals surface area contributed by atoms with Crippen LogP contribution in [0.2, 0.25) is 0 Å². The van der Waals surface area contributed by atoms with Crippen LogP contribution in [-0.2, 0) is 0 Å². The normalized spacial score (nSPS) is 16.9. The summed E-state index contributed by atoms with van der Waals surface area (Å²) in [5.74, 6) is 0.749. The molecule has 0 bridgehead atoms. The van der Waals surface area contributed by atoms with E-state index in [2.05, 4.69) is 61.7 Å². The average molecular weight is 317 g/mol. The first-order valence-electron chi connectivity index (χ1n) is 7.57. The van der Waals surface area contributed by atoms with Crippen molar-refractivity contribution in [2.24, 2.45) is 4.99 Å². The van der Waals surface area contributed by atoms with Crippen molar-refractivity contribution in [2.75, 3.05) is 0 Å². The van der Waals surface area contributed by atoms with E-state index in [1.807, 2.05) is 23.9 Å². The molecule has 112 valence electrons. The molecule has 0 aliphatic carbocycles. The van der Waals surface area contributed by atoms with E-state index in [0.717, 1.165) is 23.6 Å². The van der Waals surface area contributed by atoms with Gasteiger partial charge in [0.15, 0.2) is 5.76 Å². The standard InChI is InChI=1S/C20H15NOS/c1-14-8-10-15(11-9-14)20-13-17(18-6-4-12-22-18)21-16-5-2-3-7-19(16)23-20/h2-3,5-11,20H,13H2,1H3. The van der Waals surface area contributed by atoms with Crippen molar-refractivity contribution in [3.63, 3.8) is 0 Å². The van der Waals surface area contributed by atoms with E-state index >= 15 is 0 Å². The fourth-order valence-corrected chi connectivity index (χ4v) is 3.92. The second kappa shape index (κ2) is 5.98. The number of thioether (sulfide) groups is 1. The lowest BCUT2D eigenvalue weighted by molar-refractivity contribution is 0.553. The van der Waals surface area contributed by atoms with Gasteiger partial charge in [-0.1, -0.05) is 42.0 Å². The quantitative estimate of drug-likeness (QED) is 0.619. The Bertz CT molecular complexity index is 834. The molecule has 0 fully saturated rings. The van der Waals surface area contributed by atoms with Crippen molar-refractivity contribution in [3.05, 3.63) is 83.8 Å². The predicted octanol–water partition coefficient (Wildman–Crippen LogP) is 5.55. The van der Waals surface area contributed by atoms with Crippen molar-refractivity contribution >= 4 is 23.2 Å². The van der Waals surface area contributed by atoms with Crippen molar-refractivity contribution in [2.45, 2.75) is 23.5 Å². The highest BCUT2D eigenvalue weighted by molar-refractivity contribution is 7.99. The first-order chi connectivity index (χ1) is 11.3. The molecular weight excluding hydrogens is 302 g/mol. The molecule has 0 saturated heterocycles. The van der Waals surface area contributed by atoms with Gasteiger partial charge in [0.1, 0.15) is 6.26 Å². The number of hydrogen-bond acceptors (Lipinski definition) is 3. The van der Waals surface area contributed by atoms with Crippen LogP contribution in [0.3, 0.4) is 0 Å². The molecule has 0 spiro atoms.